The molecule has 0 spiro atoms. The standard InChI is InChI=1S/C13H20N2OS/c1-4-14-12-9-10(2)5-6-11(12)13(16)15-7-8-17-3/h5-6,9,14H,4,7-8H2,1-3H3,(H,15,16). The van der Waals surface area contributed by atoms with E-state index in [-0.39, 0.29) is 5.91 Å². The lowest BCUT2D eigenvalue weighted by molar-refractivity contribution is 0.0957. The second-order valence-corrected chi connectivity index (χ2v) is 4.81. The Morgan fingerprint density at radius 1 is 1.41 bits per heavy atom. The van der Waals surface area contributed by atoms with Crippen LogP contribution >= 0.6 is 11.8 Å². The Hall–Kier alpha value is -1.16. The van der Waals surface area contributed by atoms with Crippen LogP contribution in [-0.4, -0.2) is 31.0 Å². The molecule has 3 nitrogen and oxygen atoms in total. The third-order valence-electron chi connectivity index (χ3n) is 2.38. The van der Waals surface area contributed by atoms with Crippen LogP contribution in [0.15, 0.2) is 18.2 Å². The largest absolute Gasteiger partial charge is 0.385 e. The molecule has 0 saturated carbocycles. The summed E-state index contributed by atoms with van der Waals surface area (Å²) in [4.78, 5) is 12.0. The Bertz CT molecular complexity index is 380. The van der Waals surface area contributed by atoms with E-state index in [4.69, 9.17) is 0 Å². The summed E-state index contributed by atoms with van der Waals surface area (Å²) in [5, 5.41) is 6.14. The maximum absolute atomic E-state index is 12.0. The normalized spacial score (nSPS) is 10.1. The molecule has 94 valence electrons. The summed E-state index contributed by atoms with van der Waals surface area (Å²) in [5.74, 6) is 0.934. The lowest BCUT2D eigenvalue weighted by Gasteiger charge is -2.11. The molecule has 1 amide bonds. The quantitative estimate of drug-likeness (QED) is 0.764. The molecule has 0 bridgehead atoms. The molecular formula is C13H20N2OS. The molecular weight excluding hydrogens is 232 g/mol. The smallest absolute Gasteiger partial charge is 0.253 e. The van der Waals surface area contributed by atoms with Crippen LogP contribution in [0.25, 0.3) is 0 Å². The first-order valence-corrected chi connectivity index (χ1v) is 7.20. The van der Waals surface area contributed by atoms with Crippen molar-refractivity contribution in [2.45, 2.75) is 13.8 Å². The topological polar surface area (TPSA) is 41.1 Å². The summed E-state index contributed by atoms with van der Waals surface area (Å²) in [6, 6.07) is 5.85. The van der Waals surface area contributed by atoms with Crippen molar-refractivity contribution >= 4 is 23.4 Å². The van der Waals surface area contributed by atoms with E-state index in [9.17, 15) is 4.79 Å². The van der Waals surface area contributed by atoms with Crippen molar-refractivity contribution in [2.75, 3.05) is 30.4 Å². The van der Waals surface area contributed by atoms with Crippen LogP contribution < -0.4 is 10.6 Å². The molecule has 0 saturated heterocycles. The van der Waals surface area contributed by atoms with Gasteiger partial charge in [-0.25, -0.2) is 0 Å². The molecule has 0 radical (unpaired) electrons. The summed E-state index contributed by atoms with van der Waals surface area (Å²) in [6.07, 6.45) is 2.03. The van der Waals surface area contributed by atoms with Gasteiger partial charge >= 0.3 is 0 Å². The number of benzene rings is 1. The van der Waals surface area contributed by atoms with Crippen LogP contribution in [0.4, 0.5) is 5.69 Å². The van der Waals surface area contributed by atoms with Crippen LogP contribution in [0.1, 0.15) is 22.8 Å². The number of nitrogens with one attached hydrogen (secondary N) is 2. The lowest BCUT2D eigenvalue weighted by Crippen LogP contribution is -2.26. The Kier molecular flexibility index (Phi) is 5.91. The highest BCUT2D eigenvalue weighted by Gasteiger charge is 2.10. The van der Waals surface area contributed by atoms with Gasteiger partial charge in [-0.05, 0) is 37.8 Å². The predicted molar refractivity (Wildman–Crippen MR) is 76.1 cm³/mol. The van der Waals surface area contributed by atoms with E-state index >= 15 is 0 Å². The van der Waals surface area contributed by atoms with E-state index in [1.165, 1.54) is 0 Å². The first-order valence-electron chi connectivity index (χ1n) is 5.80. The Morgan fingerprint density at radius 2 is 2.18 bits per heavy atom. The zero-order valence-corrected chi connectivity index (χ0v) is 11.5. The predicted octanol–water partition coefficient (Wildman–Crippen LogP) is 2.52. The monoisotopic (exact) mass is 252 g/mol. The van der Waals surface area contributed by atoms with Crippen LogP contribution in [0.5, 0.6) is 0 Å². The second-order valence-electron chi connectivity index (χ2n) is 3.83. The van der Waals surface area contributed by atoms with Gasteiger partial charge in [0.15, 0.2) is 0 Å². The van der Waals surface area contributed by atoms with E-state index in [1.807, 2.05) is 38.3 Å². The van der Waals surface area contributed by atoms with Gasteiger partial charge in [-0.1, -0.05) is 6.07 Å². The first-order chi connectivity index (χ1) is 8.19. The number of anilines is 1. The molecule has 1 aromatic rings. The van der Waals surface area contributed by atoms with Crippen molar-refractivity contribution in [3.05, 3.63) is 29.3 Å². The molecule has 0 fully saturated rings. The van der Waals surface area contributed by atoms with Crippen molar-refractivity contribution in [3.8, 4) is 0 Å². The Balaban J connectivity index is 2.77. The maximum atomic E-state index is 12.0. The van der Waals surface area contributed by atoms with Crippen molar-refractivity contribution in [3.63, 3.8) is 0 Å². The number of hydrogen-bond acceptors (Lipinski definition) is 3. The molecule has 0 aromatic heterocycles. The minimum Gasteiger partial charge on any atom is -0.385 e. The van der Waals surface area contributed by atoms with Gasteiger partial charge in [0.25, 0.3) is 5.91 Å². The number of aryl methyl sites for hydroxylation is 1. The van der Waals surface area contributed by atoms with Gasteiger partial charge in [-0.2, -0.15) is 11.8 Å². The fraction of sp³-hybridized carbons (Fsp3) is 0.462. The maximum Gasteiger partial charge on any atom is 0.253 e. The molecule has 0 atom stereocenters. The van der Waals surface area contributed by atoms with Crippen LogP contribution in [0.3, 0.4) is 0 Å². The molecule has 0 aliphatic carbocycles. The van der Waals surface area contributed by atoms with E-state index in [0.29, 0.717) is 6.54 Å². The van der Waals surface area contributed by atoms with Gasteiger partial charge in [-0.15, -0.1) is 0 Å². The van der Waals surface area contributed by atoms with Crippen LogP contribution in [-0.2, 0) is 0 Å². The summed E-state index contributed by atoms with van der Waals surface area (Å²) >= 11 is 1.73. The average molecular weight is 252 g/mol. The van der Waals surface area contributed by atoms with E-state index in [1.54, 1.807) is 11.8 Å². The van der Waals surface area contributed by atoms with Crippen molar-refractivity contribution in [1.82, 2.24) is 5.32 Å². The van der Waals surface area contributed by atoms with Crippen molar-refractivity contribution in [1.29, 1.82) is 0 Å². The molecule has 0 aliphatic rings. The number of hydrogen-bond donors (Lipinski definition) is 2. The zero-order valence-electron chi connectivity index (χ0n) is 10.7. The van der Waals surface area contributed by atoms with Crippen molar-refractivity contribution in [2.24, 2.45) is 0 Å². The molecule has 1 rings (SSSR count). The fourth-order valence-corrected chi connectivity index (χ4v) is 1.86. The Morgan fingerprint density at radius 3 is 2.82 bits per heavy atom. The second kappa shape index (κ2) is 7.22. The minimum absolute atomic E-state index is 0.00463. The zero-order chi connectivity index (χ0) is 12.7. The Labute approximate surface area is 107 Å². The number of carbonyl (C=O) groups excluding carboxylic acids is 1. The van der Waals surface area contributed by atoms with E-state index < -0.39 is 0 Å². The lowest BCUT2D eigenvalue weighted by atomic mass is 10.1. The van der Waals surface area contributed by atoms with Gasteiger partial charge in [0.2, 0.25) is 0 Å². The van der Waals surface area contributed by atoms with Gasteiger partial charge < -0.3 is 10.6 Å². The van der Waals surface area contributed by atoms with E-state index in [0.717, 1.165) is 29.1 Å². The fourth-order valence-electron chi connectivity index (χ4n) is 1.55. The molecule has 0 aliphatic heterocycles. The third kappa shape index (κ3) is 4.30. The molecule has 2 N–H and O–H groups in total. The number of thioether (sulfide) groups is 1. The van der Waals surface area contributed by atoms with Gasteiger partial charge in [0.05, 0.1) is 5.56 Å². The van der Waals surface area contributed by atoms with Crippen LogP contribution in [0, 0.1) is 6.92 Å². The SMILES string of the molecule is CCNc1cc(C)ccc1C(=O)NCCSC. The molecule has 4 heteroatoms. The first kappa shape index (κ1) is 13.9. The molecule has 17 heavy (non-hydrogen) atoms. The van der Waals surface area contributed by atoms with Gasteiger partial charge in [0.1, 0.15) is 0 Å². The van der Waals surface area contributed by atoms with E-state index in [2.05, 4.69) is 10.6 Å². The molecule has 0 heterocycles. The summed E-state index contributed by atoms with van der Waals surface area (Å²) in [7, 11) is 0. The van der Waals surface area contributed by atoms with Crippen molar-refractivity contribution < 1.29 is 4.79 Å². The highest BCUT2D eigenvalue weighted by molar-refractivity contribution is 7.98. The number of carbonyl (C=O) groups is 1. The third-order valence-corrected chi connectivity index (χ3v) is 2.99. The van der Waals surface area contributed by atoms with Gasteiger partial charge in [0, 0.05) is 24.5 Å². The number of rotatable bonds is 6. The summed E-state index contributed by atoms with van der Waals surface area (Å²) < 4.78 is 0. The highest BCUT2D eigenvalue weighted by atomic mass is 32.2. The summed E-state index contributed by atoms with van der Waals surface area (Å²) in [6.45, 7) is 5.57. The highest BCUT2D eigenvalue weighted by Crippen LogP contribution is 2.17. The molecule has 1 aromatic carbocycles. The summed E-state index contributed by atoms with van der Waals surface area (Å²) in [5.41, 5.74) is 2.79. The van der Waals surface area contributed by atoms with Gasteiger partial charge in [-0.3, -0.25) is 4.79 Å². The molecule has 0 unspecified atom stereocenters. The number of amides is 1. The minimum atomic E-state index is -0.00463. The average Bonchev–Trinajstić information content (AvgIpc) is 2.30. The van der Waals surface area contributed by atoms with Crippen LogP contribution in [0.2, 0.25) is 0 Å².